The van der Waals surface area contributed by atoms with Gasteiger partial charge in [-0.15, -0.1) is 0 Å². The number of nitrogens with two attached hydrogens (primary N) is 1. The first-order chi connectivity index (χ1) is 9.61. The van der Waals surface area contributed by atoms with Gasteiger partial charge in [-0.3, -0.25) is 4.90 Å². The van der Waals surface area contributed by atoms with Crippen LogP contribution >= 0.6 is 0 Å². The second-order valence-electron chi connectivity index (χ2n) is 6.07. The van der Waals surface area contributed by atoms with E-state index in [0.717, 1.165) is 38.4 Å². The summed E-state index contributed by atoms with van der Waals surface area (Å²) in [4.78, 5) is 4.98. The number of hydrogen-bond acceptors (Lipinski definition) is 4. The summed E-state index contributed by atoms with van der Waals surface area (Å²) in [5.41, 5.74) is 7.59. The lowest BCUT2D eigenvalue weighted by molar-refractivity contribution is 0.0990. The quantitative estimate of drug-likeness (QED) is 0.898. The van der Waals surface area contributed by atoms with Crippen LogP contribution in [-0.4, -0.2) is 48.6 Å². The van der Waals surface area contributed by atoms with Crippen LogP contribution in [0.15, 0.2) is 16.7 Å². The van der Waals surface area contributed by atoms with E-state index in [1.54, 1.807) is 6.26 Å². The van der Waals surface area contributed by atoms with E-state index in [-0.39, 0.29) is 5.54 Å². The lowest BCUT2D eigenvalue weighted by Gasteiger charge is -2.41. The minimum absolute atomic E-state index is 0.133. The molecule has 114 valence electrons. The summed E-state index contributed by atoms with van der Waals surface area (Å²) in [5.74, 6) is 1.02. The number of rotatable bonds is 5. The molecule has 0 bridgehead atoms. The van der Waals surface area contributed by atoms with Gasteiger partial charge in [-0.05, 0) is 58.9 Å². The predicted octanol–water partition coefficient (Wildman–Crippen LogP) is 2.22. The molecule has 1 saturated heterocycles. The summed E-state index contributed by atoms with van der Waals surface area (Å²) in [6.07, 6.45) is 5.36. The number of likely N-dealkylation sites (N-methyl/N-ethyl adjacent to an activating group) is 1. The monoisotopic (exact) mass is 279 g/mol. The Morgan fingerprint density at radius 2 is 2.20 bits per heavy atom. The van der Waals surface area contributed by atoms with Gasteiger partial charge in [0.25, 0.3) is 0 Å². The van der Waals surface area contributed by atoms with E-state index in [4.69, 9.17) is 10.2 Å². The first kappa shape index (κ1) is 15.5. The van der Waals surface area contributed by atoms with Crippen LogP contribution in [0.1, 0.15) is 37.5 Å². The van der Waals surface area contributed by atoms with E-state index in [0.29, 0.717) is 0 Å². The third-order valence-corrected chi connectivity index (χ3v) is 5.02. The Morgan fingerprint density at radius 1 is 1.40 bits per heavy atom. The molecule has 4 nitrogen and oxygen atoms in total. The fourth-order valence-corrected chi connectivity index (χ4v) is 3.29. The third-order valence-electron chi connectivity index (χ3n) is 5.02. The van der Waals surface area contributed by atoms with E-state index < -0.39 is 0 Å². The molecule has 0 saturated carbocycles. The van der Waals surface area contributed by atoms with Crippen molar-refractivity contribution in [3.05, 3.63) is 23.7 Å². The first-order valence-corrected chi connectivity index (χ1v) is 7.78. The highest BCUT2D eigenvalue weighted by molar-refractivity contribution is 5.16. The van der Waals surface area contributed by atoms with Crippen LogP contribution in [0.4, 0.5) is 0 Å². The molecule has 2 heterocycles. The van der Waals surface area contributed by atoms with Gasteiger partial charge in [-0.25, -0.2) is 0 Å². The zero-order valence-corrected chi connectivity index (χ0v) is 13.2. The smallest absolute Gasteiger partial charge is 0.105 e. The molecule has 1 aliphatic rings. The van der Waals surface area contributed by atoms with Gasteiger partial charge in [-0.1, -0.05) is 6.92 Å². The van der Waals surface area contributed by atoms with Crippen LogP contribution in [-0.2, 0) is 6.54 Å². The molecule has 1 fully saturated rings. The molecular weight excluding hydrogens is 250 g/mol. The zero-order chi connectivity index (χ0) is 14.6. The summed E-state index contributed by atoms with van der Waals surface area (Å²) in [7, 11) is 2.21. The molecule has 0 aliphatic carbocycles. The van der Waals surface area contributed by atoms with E-state index in [1.165, 1.54) is 24.9 Å². The van der Waals surface area contributed by atoms with Gasteiger partial charge in [-0.2, -0.15) is 0 Å². The summed E-state index contributed by atoms with van der Waals surface area (Å²) in [6, 6.07) is 2.07. The molecule has 20 heavy (non-hydrogen) atoms. The maximum atomic E-state index is 6.18. The van der Waals surface area contributed by atoms with Crippen molar-refractivity contribution in [2.75, 3.05) is 33.2 Å². The molecule has 1 aromatic heterocycles. The number of hydrogen-bond donors (Lipinski definition) is 1. The summed E-state index contributed by atoms with van der Waals surface area (Å²) in [5, 5.41) is 0. The fraction of sp³-hybridized carbons (Fsp3) is 0.750. The molecule has 1 atom stereocenters. The molecule has 1 aromatic rings. The van der Waals surface area contributed by atoms with Crippen molar-refractivity contribution in [1.82, 2.24) is 9.80 Å². The molecule has 1 unspecified atom stereocenters. The topological polar surface area (TPSA) is 45.6 Å². The van der Waals surface area contributed by atoms with Crippen LogP contribution in [0, 0.1) is 6.92 Å². The van der Waals surface area contributed by atoms with Gasteiger partial charge in [0.05, 0.1) is 6.26 Å². The van der Waals surface area contributed by atoms with Gasteiger partial charge in [0.2, 0.25) is 0 Å². The third kappa shape index (κ3) is 3.25. The normalized spacial score (nSPS) is 25.1. The SMILES string of the molecule is CCN1CCCC(CN)(N(C)Cc2ccoc2C)CC1. The van der Waals surface area contributed by atoms with Gasteiger partial charge in [0.15, 0.2) is 0 Å². The minimum Gasteiger partial charge on any atom is -0.469 e. The van der Waals surface area contributed by atoms with Gasteiger partial charge in [0.1, 0.15) is 5.76 Å². The highest BCUT2D eigenvalue weighted by Crippen LogP contribution is 2.29. The van der Waals surface area contributed by atoms with E-state index in [2.05, 4.69) is 29.8 Å². The predicted molar refractivity (Wildman–Crippen MR) is 82.7 cm³/mol. The molecule has 2 rings (SSSR count). The van der Waals surface area contributed by atoms with Crippen molar-refractivity contribution in [2.24, 2.45) is 5.73 Å². The van der Waals surface area contributed by atoms with E-state index >= 15 is 0 Å². The van der Waals surface area contributed by atoms with Crippen molar-refractivity contribution in [3.8, 4) is 0 Å². The molecule has 4 heteroatoms. The van der Waals surface area contributed by atoms with Crippen molar-refractivity contribution in [2.45, 2.75) is 45.2 Å². The minimum atomic E-state index is 0.133. The van der Waals surface area contributed by atoms with Crippen molar-refractivity contribution in [3.63, 3.8) is 0 Å². The largest absolute Gasteiger partial charge is 0.469 e. The standard InChI is InChI=1S/C16H29N3O/c1-4-19-9-5-7-16(13-17,8-10-19)18(3)12-15-6-11-20-14(15)2/h6,11H,4-5,7-10,12-13,17H2,1-3H3. The Labute approximate surface area is 122 Å². The molecule has 0 radical (unpaired) electrons. The summed E-state index contributed by atoms with van der Waals surface area (Å²) < 4.78 is 5.41. The van der Waals surface area contributed by atoms with Crippen LogP contribution in [0.3, 0.4) is 0 Å². The maximum absolute atomic E-state index is 6.18. The Morgan fingerprint density at radius 3 is 2.80 bits per heavy atom. The van der Waals surface area contributed by atoms with Gasteiger partial charge < -0.3 is 15.1 Å². The van der Waals surface area contributed by atoms with E-state index in [9.17, 15) is 0 Å². The highest BCUT2D eigenvalue weighted by atomic mass is 16.3. The molecule has 0 amide bonds. The van der Waals surface area contributed by atoms with Crippen molar-refractivity contribution in [1.29, 1.82) is 0 Å². The second-order valence-corrected chi connectivity index (χ2v) is 6.07. The lowest BCUT2D eigenvalue weighted by atomic mass is 9.88. The summed E-state index contributed by atoms with van der Waals surface area (Å²) in [6.45, 7) is 9.44. The average molecular weight is 279 g/mol. The van der Waals surface area contributed by atoms with Crippen LogP contribution in [0.5, 0.6) is 0 Å². The number of nitrogens with zero attached hydrogens (tertiary/aromatic N) is 2. The highest BCUT2D eigenvalue weighted by Gasteiger charge is 2.35. The second kappa shape index (κ2) is 6.74. The Bertz CT molecular complexity index is 418. The zero-order valence-electron chi connectivity index (χ0n) is 13.2. The molecule has 0 spiro atoms. The first-order valence-electron chi connectivity index (χ1n) is 7.78. The maximum Gasteiger partial charge on any atom is 0.105 e. The van der Waals surface area contributed by atoms with Crippen molar-refractivity contribution < 1.29 is 4.42 Å². The van der Waals surface area contributed by atoms with Crippen LogP contribution in [0.2, 0.25) is 0 Å². The Balaban J connectivity index is 2.07. The molecule has 1 aliphatic heterocycles. The average Bonchev–Trinajstić information content (AvgIpc) is 2.75. The van der Waals surface area contributed by atoms with E-state index in [1.807, 2.05) is 6.92 Å². The summed E-state index contributed by atoms with van der Waals surface area (Å²) >= 11 is 0. The molecule has 2 N–H and O–H groups in total. The van der Waals surface area contributed by atoms with Crippen molar-refractivity contribution >= 4 is 0 Å². The van der Waals surface area contributed by atoms with Crippen LogP contribution < -0.4 is 5.73 Å². The number of furan rings is 1. The van der Waals surface area contributed by atoms with Gasteiger partial charge >= 0.3 is 0 Å². The Hall–Kier alpha value is -0.840. The number of likely N-dealkylation sites (tertiary alicyclic amines) is 1. The Kier molecular flexibility index (Phi) is 5.24. The number of aryl methyl sites for hydroxylation is 1. The molecular formula is C16H29N3O. The van der Waals surface area contributed by atoms with Gasteiger partial charge in [0, 0.05) is 24.2 Å². The fourth-order valence-electron chi connectivity index (χ4n) is 3.29. The molecule has 0 aromatic carbocycles. The lowest BCUT2D eigenvalue weighted by Crippen LogP contribution is -2.52. The van der Waals surface area contributed by atoms with Crippen LogP contribution in [0.25, 0.3) is 0 Å².